The van der Waals surface area contributed by atoms with Crippen molar-refractivity contribution < 1.29 is 4.74 Å². The molecule has 0 amide bonds. The highest BCUT2D eigenvalue weighted by Gasteiger charge is 2.32. The summed E-state index contributed by atoms with van der Waals surface area (Å²) >= 11 is 9.77. The van der Waals surface area contributed by atoms with Gasteiger partial charge in [0.25, 0.3) is 0 Å². The number of halogens is 2. The van der Waals surface area contributed by atoms with E-state index in [1.807, 2.05) is 6.07 Å². The minimum Gasteiger partial charge on any atom is -0.496 e. The fraction of sp³-hybridized carbons (Fsp3) is 0.625. The summed E-state index contributed by atoms with van der Waals surface area (Å²) in [4.78, 5) is 0. The number of methoxy groups -OCH3 is 1. The number of hydrogen-bond donors (Lipinski definition) is 1. The lowest BCUT2D eigenvalue weighted by Gasteiger charge is -2.39. The van der Waals surface area contributed by atoms with Crippen molar-refractivity contribution in [3.05, 3.63) is 28.2 Å². The third kappa shape index (κ3) is 3.90. The van der Waals surface area contributed by atoms with Crippen LogP contribution in [0.15, 0.2) is 22.7 Å². The van der Waals surface area contributed by atoms with Crippen LogP contribution in [-0.4, -0.2) is 18.5 Å². The maximum atomic E-state index is 6.24. The van der Waals surface area contributed by atoms with E-state index < -0.39 is 0 Å². The van der Waals surface area contributed by atoms with Crippen LogP contribution in [-0.2, 0) is 6.54 Å². The van der Waals surface area contributed by atoms with E-state index in [0.29, 0.717) is 5.88 Å². The summed E-state index contributed by atoms with van der Waals surface area (Å²) < 4.78 is 6.26. The van der Waals surface area contributed by atoms with E-state index in [1.54, 1.807) is 7.11 Å². The van der Waals surface area contributed by atoms with Gasteiger partial charge in [0.1, 0.15) is 5.75 Å². The molecule has 20 heavy (non-hydrogen) atoms. The van der Waals surface area contributed by atoms with Gasteiger partial charge in [-0.1, -0.05) is 13.0 Å². The average molecular weight is 361 g/mol. The summed E-state index contributed by atoms with van der Waals surface area (Å²) in [5.74, 6) is 2.40. The molecule has 1 aromatic rings. The predicted molar refractivity (Wildman–Crippen MR) is 88.6 cm³/mol. The zero-order valence-electron chi connectivity index (χ0n) is 12.2. The maximum Gasteiger partial charge on any atom is 0.133 e. The molecule has 112 valence electrons. The van der Waals surface area contributed by atoms with Crippen molar-refractivity contribution in [2.45, 2.75) is 44.7 Å². The van der Waals surface area contributed by atoms with Crippen molar-refractivity contribution in [3.63, 3.8) is 0 Å². The van der Waals surface area contributed by atoms with Crippen LogP contribution in [0.3, 0.4) is 0 Å². The van der Waals surface area contributed by atoms with E-state index in [4.69, 9.17) is 16.3 Å². The molecule has 1 N–H and O–H groups in total. The smallest absolute Gasteiger partial charge is 0.133 e. The Morgan fingerprint density at radius 1 is 1.40 bits per heavy atom. The van der Waals surface area contributed by atoms with Crippen LogP contribution in [0.5, 0.6) is 5.75 Å². The first-order valence-electron chi connectivity index (χ1n) is 7.22. The quantitative estimate of drug-likeness (QED) is 0.766. The molecule has 2 rings (SSSR count). The van der Waals surface area contributed by atoms with Gasteiger partial charge in [-0.15, -0.1) is 11.6 Å². The highest BCUT2D eigenvalue weighted by molar-refractivity contribution is 9.10. The van der Waals surface area contributed by atoms with Crippen molar-refractivity contribution in [1.29, 1.82) is 0 Å². The molecule has 1 aliphatic carbocycles. The van der Waals surface area contributed by atoms with Gasteiger partial charge in [0.15, 0.2) is 0 Å². The van der Waals surface area contributed by atoms with Crippen LogP contribution in [0, 0.1) is 5.92 Å². The number of alkyl halides is 1. The highest BCUT2D eigenvalue weighted by Crippen LogP contribution is 2.33. The predicted octanol–water partition coefficient (Wildman–Crippen LogP) is 4.74. The lowest BCUT2D eigenvalue weighted by Crippen LogP contribution is -2.49. The summed E-state index contributed by atoms with van der Waals surface area (Å²) in [7, 11) is 1.68. The Kier molecular flexibility index (Phi) is 5.76. The number of ether oxygens (including phenoxy) is 1. The van der Waals surface area contributed by atoms with E-state index in [1.165, 1.54) is 31.2 Å². The third-order valence-corrected chi connectivity index (χ3v) is 5.50. The summed E-state index contributed by atoms with van der Waals surface area (Å²) in [6.45, 7) is 3.18. The highest BCUT2D eigenvalue weighted by atomic mass is 79.9. The van der Waals surface area contributed by atoms with Crippen molar-refractivity contribution in [1.82, 2.24) is 5.32 Å². The van der Waals surface area contributed by atoms with Gasteiger partial charge in [-0.2, -0.15) is 0 Å². The van der Waals surface area contributed by atoms with Crippen LogP contribution in [0.4, 0.5) is 0 Å². The molecule has 1 aromatic carbocycles. The first-order chi connectivity index (χ1) is 9.58. The Morgan fingerprint density at radius 3 is 2.65 bits per heavy atom. The molecule has 0 aliphatic heterocycles. The first kappa shape index (κ1) is 16.1. The fourth-order valence-electron chi connectivity index (χ4n) is 2.78. The second kappa shape index (κ2) is 7.15. The Bertz CT molecular complexity index is 444. The zero-order valence-corrected chi connectivity index (χ0v) is 14.6. The Hall–Kier alpha value is -0.250. The Morgan fingerprint density at radius 2 is 2.10 bits per heavy atom. The standard InChI is InChI=1S/C16H23BrClNO/c1-12-5-7-16(11-18,8-6-12)19-10-13-3-4-15(20-2)14(17)9-13/h3-4,9,12,19H,5-8,10-11H2,1-2H3. The summed E-state index contributed by atoms with van der Waals surface area (Å²) in [6, 6.07) is 6.21. The van der Waals surface area contributed by atoms with E-state index >= 15 is 0 Å². The molecule has 0 radical (unpaired) electrons. The van der Waals surface area contributed by atoms with Crippen molar-refractivity contribution in [3.8, 4) is 5.75 Å². The summed E-state index contributed by atoms with van der Waals surface area (Å²) in [5, 5.41) is 3.69. The molecule has 0 saturated heterocycles. The van der Waals surface area contributed by atoms with Gasteiger partial charge in [-0.05, 0) is 65.2 Å². The second-order valence-corrected chi connectivity index (χ2v) is 7.04. The zero-order chi connectivity index (χ0) is 14.6. The first-order valence-corrected chi connectivity index (χ1v) is 8.55. The van der Waals surface area contributed by atoms with Crippen LogP contribution < -0.4 is 10.1 Å². The summed E-state index contributed by atoms with van der Waals surface area (Å²) in [5.41, 5.74) is 1.36. The van der Waals surface area contributed by atoms with Gasteiger partial charge in [0.2, 0.25) is 0 Å². The van der Waals surface area contributed by atoms with Crippen LogP contribution in [0.2, 0.25) is 0 Å². The minimum absolute atomic E-state index is 0.112. The molecule has 1 saturated carbocycles. The van der Waals surface area contributed by atoms with E-state index in [-0.39, 0.29) is 5.54 Å². The van der Waals surface area contributed by atoms with Gasteiger partial charge in [0.05, 0.1) is 11.6 Å². The molecule has 1 aliphatic rings. The molecule has 0 unspecified atom stereocenters. The largest absolute Gasteiger partial charge is 0.496 e. The molecule has 4 heteroatoms. The van der Waals surface area contributed by atoms with Crippen molar-refractivity contribution >= 4 is 27.5 Å². The molecule has 0 aromatic heterocycles. The number of benzene rings is 1. The van der Waals surface area contributed by atoms with Crippen LogP contribution in [0.25, 0.3) is 0 Å². The van der Waals surface area contributed by atoms with Gasteiger partial charge >= 0.3 is 0 Å². The van der Waals surface area contributed by atoms with Crippen molar-refractivity contribution in [2.24, 2.45) is 5.92 Å². The van der Waals surface area contributed by atoms with Crippen molar-refractivity contribution in [2.75, 3.05) is 13.0 Å². The average Bonchev–Trinajstić information content (AvgIpc) is 2.47. The number of hydrogen-bond acceptors (Lipinski definition) is 2. The monoisotopic (exact) mass is 359 g/mol. The SMILES string of the molecule is COc1ccc(CNC2(CCl)CCC(C)CC2)cc1Br. The molecular formula is C16H23BrClNO. The lowest BCUT2D eigenvalue weighted by atomic mass is 9.78. The Labute approximate surface area is 135 Å². The molecule has 0 heterocycles. The molecule has 0 bridgehead atoms. The molecule has 0 atom stereocenters. The van der Waals surface area contributed by atoms with Crippen LogP contribution in [0.1, 0.15) is 38.2 Å². The second-order valence-electron chi connectivity index (χ2n) is 5.92. The van der Waals surface area contributed by atoms with Gasteiger partial charge in [0, 0.05) is 18.0 Å². The maximum absolute atomic E-state index is 6.24. The summed E-state index contributed by atoms with van der Waals surface area (Å²) in [6.07, 6.45) is 4.89. The van der Waals surface area contributed by atoms with E-state index in [0.717, 1.165) is 22.7 Å². The normalized spacial score (nSPS) is 26.5. The van der Waals surface area contributed by atoms with E-state index in [9.17, 15) is 0 Å². The molecular weight excluding hydrogens is 338 g/mol. The topological polar surface area (TPSA) is 21.3 Å². The molecule has 2 nitrogen and oxygen atoms in total. The van der Waals surface area contributed by atoms with E-state index in [2.05, 4.69) is 40.3 Å². The minimum atomic E-state index is 0.112. The fourth-order valence-corrected chi connectivity index (χ4v) is 3.73. The lowest BCUT2D eigenvalue weighted by molar-refractivity contribution is 0.216. The van der Waals surface area contributed by atoms with Crippen LogP contribution >= 0.6 is 27.5 Å². The number of rotatable bonds is 5. The van der Waals surface area contributed by atoms with Gasteiger partial charge in [-0.3, -0.25) is 0 Å². The third-order valence-electron chi connectivity index (χ3n) is 4.37. The van der Waals surface area contributed by atoms with Gasteiger partial charge in [-0.25, -0.2) is 0 Å². The van der Waals surface area contributed by atoms with Gasteiger partial charge < -0.3 is 10.1 Å². The molecule has 1 fully saturated rings. The molecule has 0 spiro atoms. The Balaban J connectivity index is 1.98. The number of nitrogens with one attached hydrogen (secondary N) is 1.